The van der Waals surface area contributed by atoms with Gasteiger partial charge in [-0.25, -0.2) is 0 Å². The fraction of sp³-hybridized carbons (Fsp3) is 0.143. The molecule has 0 aliphatic carbocycles. The molecule has 2 rings (SSSR count). The van der Waals surface area contributed by atoms with Crippen LogP contribution in [0.4, 0.5) is 0 Å². The van der Waals surface area contributed by atoms with E-state index >= 15 is 0 Å². The van der Waals surface area contributed by atoms with E-state index in [9.17, 15) is 4.79 Å². The Kier molecular flexibility index (Phi) is 4.77. The number of nitrogens with one attached hydrogen (secondary N) is 1. The van der Waals surface area contributed by atoms with Gasteiger partial charge in [-0.3, -0.25) is 9.78 Å². The van der Waals surface area contributed by atoms with Crippen molar-refractivity contribution in [2.75, 3.05) is 6.54 Å². The fourth-order valence-electron chi connectivity index (χ4n) is 1.67. The normalized spacial score (nSPS) is 10.2. The molecule has 0 spiro atoms. The zero-order valence-corrected chi connectivity index (χ0v) is 11.6. The van der Waals surface area contributed by atoms with Crippen LogP contribution in [0.2, 0.25) is 10.0 Å². The molecule has 0 bridgehead atoms. The number of pyridine rings is 1. The van der Waals surface area contributed by atoms with Crippen LogP contribution < -0.4 is 5.32 Å². The first-order valence-electron chi connectivity index (χ1n) is 5.79. The number of carbonyl (C=O) groups excluding carboxylic acids is 1. The van der Waals surface area contributed by atoms with Crippen LogP contribution in [-0.4, -0.2) is 17.4 Å². The van der Waals surface area contributed by atoms with Crippen molar-refractivity contribution < 1.29 is 4.79 Å². The largest absolute Gasteiger partial charge is 0.352 e. The van der Waals surface area contributed by atoms with Crippen molar-refractivity contribution in [3.8, 4) is 0 Å². The minimum atomic E-state index is -0.200. The molecule has 0 unspecified atom stereocenters. The number of hydrogen-bond acceptors (Lipinski definition) is 2. The van der Waals surface area contributed by atoms with Gasteiger partial charge in [-0.15, -0.1) is 0 Å². The van der Waals surface area contributed by atoms with Gasteiger partial charge in [-0.1, -0.05) is 35.3 Å². The second kappa shape index (κ2) is 6.55. The summed E-state index contributed by atoms with van der Waals surface area (Å²) >= 11 is 11.8. The predicted molar refractivity (Wildman–Crippen MR) is 76.7 cm³/mol. The third-order valence-corrected chi connectivity index (χ3v) is 3.14. The molecular weight excluding hydrogens is 283 g/mol. The number of nitrogens with zero attached hydrogens (tertiary/aromatic N) is 1. The molecule has 0 saturated heterocycles. The molecule has 1 amide bonds. The van der Waals surface area contributed by atoms with Crippen molar-refractivity contribution in [1.82, 2.24) is 10.3 Å². The molecule has 3 nitrogen and oxygen atoms in total. The minimum Gasteiger partial charge on any atom is -0.352 e. The number of hydrogen-bond donors (Lipinski definition) is 1. The Morgan fingerprint density at radius 2 is 2.11 bits per heavy atom. The third kappa shape index (κ3) is 3.94. The summed E-state index contributed by atoms with van der Waals surface area (Å²) in [4.78, 5) is 15.7. The van der Waals surface area contributed by atoms with Gasteiger partial charge in [0.1, 0.15) is 0 Å². The first kappa shape index (κ1) is 13.8. The zero-order chi connectivity index (χ0) is 13.7. The first-order chi connectivity index (χ1) is 9.16. The lowest BCUT2D eigenvalue weighted by Crippen LogP contribution is -2.26. The van der Waals surface area contributed by atoms with Crippen LogP contribution in [0.1, 0.15) is 15.9 Å². The molecule has 1 heterocycles. The van der Waals surface area contributed by atoms with Crippen molar-refractivity contribution in [3.05, 3.63) is 63.9 Å². The molecule has 1 aromatic heterocycles. The number of halogens is 2. The quantitative estimate of drug-likeness (QED) is 0.939. The van der Waals surface area contributed by atoms with E-state index < -0.39 is 0 Å². The van der Waals surface area contributed by atoms with Crippen molar-refractivity contribution >= 4 is 29.1 Å². The lowest BCUT2D eigenvalue weighted by atomic mass is 10.1. The first-order valence-corrected chi connectivity index (χ1v) is 6.54. The van der Waals surface area contributed by atoms with Crippen molar-refractivity contribution in [3.63, 3.8) is 0 Å². The van der Waals surface area contributed by atoms with Gasteiger partial charge in [-0.05, 0) is 30.2 Å². The second-order valence-corrected chi connectivity index (χ2v) is 4.83. The topological polar surface area (TPSA) is 42.0 Å². The van der Waals surface area contributed by atoms with Gasteiger partial charge < -0.3 is 5.32 Å². The highest BCUT2D eigenvalue weighted by atomic mass is 35.5. The van der Waals surface area contributed by atoms with Gasteiger partial charge in [0.05, 0.1) is 10.6 Å². The smallest absolute Gasteiger partial charge is 0.252 e. The van der Waals surface area contributed by atoms with Crippen LogP contribution in [0, 0.1) is 0 Å². The maximum absolute atomic E-state index is 11.9. The Labute approximate surface area is 121 Å². The standard InChI is InChI=1S/C14H12Cl2N2O/c15-11-3-1-2-10(8-11)4-7-18-14(19)12-5-6-17-9-13(12)16/h1-3,5-6,8-9H,4,7H2,(H,18,19). The van der Waals surface area contributed by atoms with Gasteiger partial charge in [0.2, 0.25) is 0 Å². The minimum absolute atomic E-state index is 0.200. The van der Waals surface area contributed by atoms with Gasteiger partial charge in [0, 0.05) is 24.0 Å². The van der Waals surface area contributed by atoms with E-state index in [4.69, 9.17) is 23.2 Å². The molecule has 1 N–H and O–H groups in total. The van der Waals surface area contributed by atoms with Gasteiger partial charge >= 0.3 is 0 Å². The van der Waals surface area contributed by atoms with Gasteiger partial charge in [0.25, 0.3) is 5.91 Å². The van der Waals surface area contributed by atoms with Crippen LogP contribution in [0.5, 0.6) is 0 Å². The molecule has 98 valence electrons. The molecule has 0 atom stereocenters. The molecule has 2 aromatic rings. The Morgan fingerprint density at radius 1 is 1.26 bits per heavy atom. The monoisotopic (exact) mass is 294 g/mol. The van der Waals surface area contributed by atoms with E-state index in [1.54, 1.807) is 6.07 Å². The molecule has 19 heavy (non-hydrogen) atoms. The maximum atomic E-state index is 11.9. The van der Waals surface area contributed by atoms with Gasteiger partial charge in [0.15, 0.2) is 0 Å². The number of rotatable bonds is 4. The van der Waals surface area contributed by atoms with Crippen LogP contribution >= 0.6 is 23.2 Å². The highest BCUT2D eigenvalue weighted by Gasteiger charge is 2.08. The highest BCUT2D eigenvalue weighted by molar-refractivity contribution is 6.33. The highest BCUT2D eigenvalue weighted by Crippen LogP contribution is 2.13. The van der Waals surface area contributed by atoms with E-state index in [1.165, 1.54) is 12.4 Å². The van der Waals surface area contributed by atoms with Crippen LogP contribution in [0.15, 0.2) is 42.7 Å². The van der Waals surface area contributed by atoms with Gasteiger partial charge in [-0.2, -0.15) is 0 Å². The Hall–Kier alpha value is -1.58. The third-order valence-electron chi connectivity index (χ3n) is 2.61. The molecule has 0 saturated carbocycles. The van der Waals surface area contributed by atoms with E-state index in [-0.39, 0.29) is 5.91 Å². The molecule has 0 radical (unpaired) electrons. The molecule has 0 aliphatic rings. The molecule has 5 heteroatoms. The Morgan fingerprint density at radius 3 is 2.84 bits per heavy atom. The Balaban J connectivity index is 1.90. The number of benzene rings is 1. The molecule has 1 aromatic carbocycles. The van der Waals surface area contributed by atoms with Crippen molar-refractivity contribution in [1.29, 1.82) is 0 Å². The molecule has 0 aliphatic heterocycles. The average Bonchev–Trinajstić information content (AvgIpc) is 2.39. The Bertz CT molecular complexity index is 587. The van der Waals surface area contributed by atoms with Crippen LogP contribution in [-0.2, 0) is 6.42 Å². The summed E-state index contributed by atoms with van der Waals surface area (Å²) in [6, 6.07) is 9.15. The summed E-state index contributed by atoms with van der Waals surface area (Å²) in [6.45, 7) is 0.526. The van der Waals surface area contributed by atoms with Crippen molar-refractivity contribution in [2.24, 2.45) is 0 Å². The molecule has 0 fully saturated rings. The number of carbonyl (C=O) groups is 1. The average molecular weight is 295 g/mol. The summed E-state index contributed by atoms with van der Waals surface area (Å²) in [5.41, 5.74) is 1.51. The maximum Gasteiger partial charge on any atom is 0.252 e. The zero-order valence-electron chi connectivity index (χ0n) is 10.1. The van der Waals surface area contributed by atoms with E-state index in [1.807, 2.05) is 24.3 Å². The predicted octanol–water partition coefficient (Wildman–Crippen LogP) is 3.36. The van der Waals surface area contributed by atoms with E-state index in [0.717, 1.165) is 12.0 Å². The summed E-state index contributed by atoms with van der Waals surface area (Å²) < 4.78 is 0. The second-order valence-electron chi connectivity index (χ2n) is 3.99. The van der Waals surface area contributed by atoms with Crippen molar-refractivity contribution in [2.45, 2.75) is 6.42 Å². The van der Waals surface area contributed by atoms with Crippen LogP contribution in [0.25, 0.3) is 0 Å². The summed E-state index contributed by atoms with van der Waals surface area (Å²) in [5, 5.41) is 3.86. The summed E-state index contributed by atoms with van der Waals surface area (Å²) in [5.74, 6) is -0.200. The number of aromatic nitrogens is 1. The molecular formula is C14H12Cl2N2O. The van der Waals surface area contributed by atoms with E-state index in [2.05, 4.69) is 10.3 Å². The van der Waals surface area contributed by atoms with Crippen LogP contribution in [0.3, 0.4) is 0 Å². The number of amides is 1. The SMILES string of the molecule is O=C(NCCc1cccc(Cl)c1)c1ccncc1Cl. The van der Waals surface area contributed by atoms with E-state index in [0.29, 0.717) is 22.2 Å². The summed E-state index contributed by atoms with van der Waals surface area (Å²) in [6.07, 6.45) is 3.71. The fourth-order valence-corrected chi connectivity index (χ4v) is 2.09. The lowest BCUT2D eigenvalue weighted by molar-refractivity contribution is 0.0954. The summed E-state index contributed by atoms with van der Waals surface area (Å²) in [7, 11) is 0. The lowest BCUT2D eigenvalue weighted by Gasteiger charge is -2.06.